The molecule has 0 unspecified atom stereocenters. The fraction of sp³-hybridized carbons (Fsp3) is 0.280. The molecule has 4 rings (SSSR count). The van der Waals surface area contributed by atoms with Crippen LogP contribution < -0.4 is 5.32 Å². The Morgan fingerprint density at radius 1 is 0.931 bits per heavy atom. The first kappa shape index (κ1) is 19.3. The van der Waals surface area contributed by atoms with Crippen LogP contribution in [0.2, 0.25) is 0 Å². The Morgan fingerprint density at radius 3 is 2.21 bits per heavy atom. The summed E-state index contributed by atoms with van der Waals surface area (Å²) >= 11 is 0. The summed E-state index contributed by atoms with van der Waals surface area (Å²) in [6, 6.07) is 22.8. The molecule has 2 aromatic carbocycles. The van der Waals surface area contributed by atoms with E-state index in [9.17, 15) is 4.79 Å². The van der Waals surface area contributed by atoms with Gasteiger partial charge in [0.25, 0.3) is 0 Å². The first-order valence-electron chi connectivity index (χ1n) is 10.2. The smallest absolute Gasteiger partial charge is 0.241 e. The summed E-state index contributed by atoms with van der Waals surface area (Å²) in [4.78, 5) is 19.8. The summed E-state index contributed by atoms with van der Waals surface area (Å²) in [5.74, 6) is 0.0982. The number of benzene rings is 2. The zero-order valence-corrected chi connectivity index (χ0v) is 16.8. The van der Waals surface area contributed by atoms with Crippen molar-refractivity contribution in [2.24, 2.45) is 0 Å². The number of amides is 1. The van der Waals surface area contributed by atoms with E-state index in [1.807, 2.05) is 18.2 Å². The quantitative estimate of drug-likeness (QED) is 0.678. The number of carbonyl (C=O) groups excluding carboxylic acids is 1. The van der Waals surface area contributed by atoms with Gasteiger partial charge in [0.15, 0.2) is 0 Å². The molecule has 0 saturated heterocycles. The molecule has 1 aliphatic rings. The number of aromatic nitrogens is 1. The molecule has 148 valence electrons. The van der Waals surface area contributed by atoms with Crippen molar-refractivity contribution in [3.05, 3.63) is 101 Å². The van der Waals surface area contributed by atoms with Crippen LogP contribution in [-0.4, -0.2) is 34.9 Å². The van der Waals surface area contributed by atoms with Gasteiger partial charge in [-0.25, -0.2) is 0 Å². The second-order valence-electron chi connectivity index (χ2n) is 7.85. The summed E-state index contributed by atoms with van der Waals surface area (Å²) < 4.78 is 0. The minimum Gasteiger partial charge on any atom is -0.350 e. The second-order valence-corrected chi connectivity index (χ2v) is 7.85. The Balaban J connectivity index is 1.52. The van der Waals surface area contributed by atoms with Crippen molar-refractivity contribution >= 4 is 5.91 Å². The molecular weight excluding hydrogens is 358 g/mol. The molecule has 3 aromatic rings. The van der Waals surface area contributed by atoms with E-state index in [-0.39, 0.29) is 5.91 Å². The van der Waals surface area contributed by atoms with E-state index in [0.717, 1.165) is 31.4 Å². The van der Waals surface area contributed by atoms with Crippen LogP contribution in [0.3, 0.4) is 0 Å². The Labute approximate surface area is 172 Å². The topological polar surface area (TPSA) is 45.2 Å². The zero-order valence-electron chi connectivity index (χ0n) is 16.8. The van der Waals surface area contributed by atoms with Crippen LogP contribution in [-0.2, 0) is 30.6 Å². The summed E-state index contributed by atoms with van der Waals surface area (Å²) in [6.45, 7) is 1.35. The van der Waals surface area contributed by atoms with E-state index < -0.39 is 5.54 Å². The van der Waals surface area contributed by atoms with Crippen LogP contribution in [0.5, 0.6) is 0 Å². The van der Waals surface area contributed by atoms with Gasteiger partial charge in [-0.05, 0) is 47.9 Å². The number of rotatable bonds is 7. The number of hydrogen-bond acceptors (Lipinski definition) is 3. The predicted molar refractivity (Wildman–Crippen MR) is 115 cm³/mol. The van der Waals surface area contributed by atoms with Gasteiger partial charge in [-0.1, -0.05) is 54.6 Å². The molecule has 1 N–H and O–H groups in total. The van der Waals surface area contributed by atoms with E-state index in [4.69, 9.17) is 0 Å². The fourth-order valence-corrected chi connectivity index (χ4v) is 4.20. The average Bonchev–Trinajstić information content (AvgIpc) is 3.18. The Hall–Kier alpha value is -2.98. The SMILES string of the molecule is CN(CCc1ccccc1)C1(C(=O)NCc2ccncc2)Cc2ccccc2C1. The third-order valence-corrected chi connectivity index (χ3v) is 6.02. The highest BCUT2D eigenvalue weighted by Gasteiger charge is 2.46. The summed E-state index contributed by atoms with van der Waals surface area (Å²) in [5.41, 5.74) is 4.36. The zero-order chi connectivity index (χ0) is 20.1. The monoisotopic (exact) mass is 385 g/mol. The maximum atomic E-state index is 13.5. The average molecular weight is 386 g/mol. The number of nitrogens with one attached hydrogen (secondary N) is 1. The maximum Gasteiger partial charge on any atom is 0.241 e. The number of carbonyl (C=O) groups is 1. The maximum absolute atomic E-state index is 13.5. The molecule has 0 fully saturated rings. The number of pyridine rings is 1. The number of hydrogen-bond donors (Lipinski definition) is 1. The van der Waals surface area contributed by atoms with Crippen molar-refractivity contribution in [1.29, 1.82) is 0 Å². The third kappa shape index (κ3) is 4.22. The first-order valence-corrected chi connectivity index (χ1v) is 10.2. The number of likely N-dealkylation sites (N-methyl/N-ethyl adjacent to an activating group) is 1. The molecule has 29 heavy (non-hydrogen) atoms. The molecule has 1 heterocycles. The fourth-order valence-electron chi connectivity index (χ4n) is 4.20. The Kier molecular flexibility index (Phi) is 5.72. The van der Waals surface area contributed by atoms with Gasteiger partial charge in [-0.15, -0.1) is 0 Å². The van der Waals surface area contributed by atoms with E-state index in [1.54, 1.807) is 12.4 Å². The molecule has 0 bridgehead atoms. The molecule has 1 aliphatic carbocycles. The lowest BCUT2D eigenvalue weighted by atomic mass is 9.91. The van der Waals surface area contributed by atoms with Crippen molar-refractivity contribution in [3.8, 4) is 0 Å². The van der Waals surface area contributed by atoms with E-state index >= 15 is 0 Å². The second kappa shape index (κ2) is 8.58. The lowest BCUT2D eigenvalue weighted by Crippen LogP contribution is -2.58. The molecule has 0 atom stereocenters. The van der Waals surface area contributed by atoms with Gasteiger partial charge in [0, 0.05) is 38.3 Å². The highest BCUT2D eigenvalue weighted by atomic mass is 16.2. The lowest BCUT2D eigenvalue weighted by Gasteiger charge is -2.37. The molecule has 0 saturated carbocycles. The van der Waals surface area contributed by atoms with E-state index in [2.05, 4.69) is 70.8 Å². The molecule has 1 amide bonds. The van der Waals surface area contributed by atoms with Gasteiger partial charge in [-0.3, -0.25) is 14.7 Å². The summed E-state index contributed by atoms with van der Waals surface area (Å²) in [6.07, 6.45) is 5.93. The molecule has 1 aromatic heterocycles. The van der Waals surface area contributed by atoms with Crippen molar-refractivity contribution in [3.63, 3.8) is 0 Å². The highest BCUT2D eigenvalue weighted by molar-refractivity contribution is 5.88. The molecule has 0 radical (unpaired) electrons. The van der Waals surface area contributed by atoms with Gasteiger partial charge >= 0.3 is 0 Å². The largest absolute Gasteiger partial charge is 0.350 e. The van der Waals surface area contributed by atoms with E-state index in [1.165, 1.54) is 16.7 Å². The van der Waals surface area contributed by atoms with Gasteiger partial charge in [-0.2, -0.15) is 0 Å². The molecule has 4 heteroatoms. The van der Waals surface area contributed by atoms with E-state index in [0.29, 0.717) is 6.54 Å². The van der Waals surface area contributed by atoms with Crippen LogP contribution >= 0.6 is 0 Å². The molecule has 0 aliphatic heterocycles. The first-order chi connectivity index (χ1) is 14.2. The van der Waals surface area contributed by atoms with Crippen LogP contribution in [0.15, 0.2) is 79.1 Å². The normalized spacial score (nSPS) is 14.6. The van der Waals surface area contributed by atoms with Gasteiger partial charge in [0.2, 0.25) is 5.91 Å². The van der Waals surface area contributed by atoms with Crippen molar-refractivity contribution in [2.75, 3.05) is 13.6 Å². The summed E-state index contributed by atoms with van der Waals surface area (Å²) in [7, 11) is 2.08. The van der Waals surface area contributed by atoms with Crippen molar-refractivity contribution < 1.29 is 4.79 Å². The summed E-state index contributed by atoms with van der Waals surface area (Å²) in [5, 5.41) is 3.19. The van der Waals surface area contributed by atoms with Crippen LogP contribution in [0.4, 0.5) is 0 Å². The van der Waals surface area contributed by atoms with Crippen LogP contribution in [0, 0.1) is 0 Å². The minimum atomic E-state index is -0.550. The predicted octanol–water partition coefficient (Wildman–Crippen LogP) is 3.41. The van der Waals surface area contributed by atoms with Crippen LogP contribution in [0.1, 0.15) is 22.3 Å². The standard InChI is InChI=1S/C25H27N3O/c1-28(16-13-20-7-3-2-4-8-20)25(17-22-9-5-6-10-23(22)18-25)24(29)27-19-21-11-14-26-15-12-21/h2-12,14-15H,13,16-19H2,1H3,(H,27,29). The third-order valence-electron chi connectivity index (χ3n) is 6.02. The van der Waals surface area contributed by atoms with Gasteiger partial charge in [0.05, 0.1) is 0 Å². The van der Waals surface area contributed by atoms with Crippen molar-refractivity contribution in [1.82, 2.24) is 15.2 Å². The number of nitrogens with zero attached hydrogens (tertiary/aromatic N) is 2. The molecule has 0 spiro atoms. The van der Waals surface area contributed by atoms with Gasteiger partial charge < -0.3 is 5.32 Å². The minimum absolute atomic E-state index is 0.0982. The van der Waals surface area contributed by atoms with Crippen molar-refractivity contribution in [2.45, 2.75) is 31.3 Å². The Morgan fingerprint density at radius 2 is 1.55 bits per heavy atom. The highest BCUT2D eigenvalue weighted by Crippen LogP contribution is 2.34. The molecular formula is C25H27N3O. The number of fused-ring (bicyclic) bond motifs is 1. The Bertz CT molecular complexity index is 931. The van der Waals surface area contributed by atoms with Gasteiger partial charge in [0.1, 0.15) is 5.54 Å². The molecule has 4 nitrogen and oxygen atoms in total. The van der Waals surface area contributed by atoms with Crippen LogP contribution in [0.25, 0.3) is 0 Å². The lowest BCUT2D eigenvalue weighted by molar-refractivity contribution is -0.132.